The molecular formula is C17H25N3O. The van der Waals surface area contributed by atoms with Gasteiger partial charge >= 0.3 is 0 Å². The third-order valence-electron chi connectivity index (χ3n) is 4.15. The van der Waals surface area contributed by atoms with Gasteiger partial charge in [0, 0.05) is 23.5 Å². The van der Waals surface area contributed by atoms with Crippen molar-refractivity contribution in [2.45, 2.75) is 51.0 Å². The fourth-order valence-corrected chi connectivity index (χ4v) is 2.78. The summed E-state index contributed by atoms with van der Waals surface area (Å²) >= 11 is 0. The number of unbranched alkanes of at least 4 members (excludes halogenated alkanes) is 3. The molecule has 0 saturated carbocycles. The Kier molecular flexibility index (Phi) is 5.02. The second kappa shape index (κ2) is 6.76. The number of hydrogen-bond donors (Lipinski definition) is 3. The number of hydrogen-bond acceptors (Lipinski definition) is 2. The van der Waals surface area contributed by atoms with Crippen molar-refractivity contribution in [2.75, 3.05) is 0 Å². The van der Waals surface area contributed by atoms with E-state index in [9.17, 15) is 4.79 Å². The Morgan fingerprint density at radius 1 is 1.24 bits per heavy atom. The molecule has 5 N–H and O–H groups in total. The average Bonchev–Trinajstić information content (AvgIpc) is 2.87. The Morgan fingerprint density at radius 3 is 2.71 bits per heavy atom. The first kappa shape index (κ1) is 15.6. The number of aromatic nitrogens is 1. The number of carbonyl (C=O) groups excluding carboxylic acids is 1. The molecule has 0 saturated heterocycles. The molecule has 1 aromatic carbocycles. The summed E-state index contributed by atoms with van der Waals surface area (Å²) in [6, 6.07) is 8.03. The SMILES string of the molecule is CCCCCCC(N)(Cc1c[nH]c2ccccc12)C(N)=O. The largest absolute Gasteiger partial charge is 0.368 e. The molecule has 4 heteroatoms. The van der Waals surface area contributed by atoms with E-state index in [0.29, 0.717) is 12.8 Å². The van der Waals surface area contributed by atoms with Crippen molar-refractivity contribution in [1.29, 1.82) is 0 Å². The van der Waals surface area contributed by atoms with E-state index in [4.69, 9.17) is 11.5 Å². The van der Waals surface area contributed by atoms with E-state index in [0.717, 1.165) is 35.7 Å². The van der Waals surface area contributed by atoms with Gasteiger partial charge in [-0.3, -0.25) is 4.79 Å². The van der Waals surface area contributed by atoms with Gasteiger partial charge < -0.3 is 16.5 Å². The Morgan fingerprint density at radius 2 is 2.00 bits per heavy atom. The standard InChI is InChI=1S/C17H25N3O/c1-2-3-4-7-10-17(19,16(18)21)11-13-12-20-15-9-6-5-8-14(13)15/h5-6,8-9,12,20H,2-4,7,10-11,19H2,1H3,(H2,18,21). The van der Waals surface area contributed by atoms with E-state index in [1.54, 1.807) is 0 Å². The molecule has 2 rings (SSSR count). The van der Waals surface area contributed by atoms with Crippen LogP contribution in [-0.2, 0) is 11.2 Å². The molecule has 0 aliphatic carbocycles. The van der Waals surface area contributed by atoms with Gasteiger partial charge in [0.25, 0.3) is 0 Å². The molecule has 0 aliphatic rings. The number of fused-ring (bicyclic) bond motifs is 1. The Hall–Kier alpha value is -1.81. The maximum atomic E-state index is 11.8. The van der Waals surface area contributed by atoms with Crippen LogP contribution >= 0.6 is 0 Å². The first-order chi connectivity index (χ1) is 10.1. The maximum Gasteiger partial charge on any atom is 0.237 e. The molecule has 21 heavy (non-hydrogen) atoms. The molecule has 1 unspecified atom stereocenters. The lowest BCUT2D eigenvalue weighted by molar-refractivity contribution is -0.123. The highest BCUT2D eigenvalue weighted by Gasteiger charge is 2.32. The zero-order chi connectivity index (χ0) is 15.3. The van der Waals surface area contributed by atoms with E-state index in [1.165, 1.54) is 6.42 Å². The Bertz CT molecular complexity index is 605. The number of rotatable bonds is 8. The van der Waals surface area contributed by atoms with E-state index in [1.807, 2.05) is 30.5 Å². The van der Waals surface area contributed by atoms with Gasteiger partial charge in [0.1, 0.15) is 0 Å². The lowest BCUT2D eigenvalue weighted by atomic mass is 9.85. The molecule has 0 spiro atoms. The van der Waals surface area contributed by atoms with Crippen molar-refractivity contribution in [3.63, 3.8) is 0 Å². The minimum Gasteiger partial charge on any atom is -0.368 e. The number of benzene rings is 1. The summed E-state index contributed by atoms with van der Waals surface area (Å²) in [7, 11) is 0. The molecule has 1 atom stereocenters. The summed E-state index contributed by atoms with van der Waals surface area (Å²) in [5.41, 5.74) is 13.0. The Labute approximate surface area is 125 Å². The minimum absolute atomic E-state index is 0.413. The smallest absolute Gasteiger partial charge is 0.237 e. The van der Waals surface area contributed by atoms with Crippen molar-refractivity contribution in [3.05, 3.63) is 36.0 Å². The molecule has 0 bridgehead atoms. The van der Waals surface area contributed by atoms with Crippen molar-refractivity contribution in [3.8, 4) is 0 Å². The highest BCUT2D eigenvalue weighted by atomic mass is 16.1. The van der Waals surface area contributed by atoms with Crippen molar-refractivity contribution in [2.24, 2.45) is 11.5 Å². The fraction of sp³-hybridized carbons (Fsp3) is 0.471. The molecule has 1 heterocycles. The van der Waals surface area contributed by atoms with E-state index in [2.05, 4.69) is 11.9 Å². The predicted octanol–water partition coefficient (Wildman–Crippen LogP) is 2.86. The first-order valence-corrected chi connectivity index (χ1v) is 7.70. The van der Waals surface area contributed by atoms with Crippen LogP contribution < -0.4 is 11.5 Å². The second-order valence-electron chi connectivity index (χ2n) is 5.87. The zero-order valence-electron chi connectivity index (χ0n) is 12.7. The van der Waals surface area contributed by atoms with Crippen LogP contribution in [0.4, 0.5) is 0 Å². The lowest BCUT2D eigenvalue weighted by Crippen LogP contribution is -2.53. The van der Waals surface area contributed by atoms with Crippen molar-refractivity contribution >= 4 is 16.8 Å². The lowest BCUT2D eigenvalue weighted by Gasteiger charge is -2.25. The quantitative estimate of drug-likeness (QED) is 0.652. The van der Waals surface area contributed by atoms with Gasteiger partial charge in [-0.2, -0.15) is 0 Å². The molecule has 4 nitrogen and oxygen atoms in total. The number of H-pyrrole nitrogens is 1. The summed E-state index contributed by atoms with van der Waals surface area (Å²) in [4.78, 5) is 15.1. The summed E-state index contributed by atoms with van der Waals surface area (Å²) in [5, 5.41) is 1.11. The molecule has 1 amide bonds. The van der Waals surface area contributed by atoms with Crippen molar-refractivity contribution < 1.29 is 4.79 Å². The van der Waals surface area contributed by atoms with Gasteiger partial charge in [0.15, 0.2) is 0 Å². The number of aromatic amines is 1. The monoisotopic (exact) mass is 287 g/mol. The fourth-order valence-electron chi connectivity index (χ4n) is 2.78. The topological polar surface area (TPSA) is 84.9 Å². The number of carbonyl (C=O) groups is 1. The zero-order valence-corrected chi connectivity index (χ0v) is 12.7. The molecular weight excluding hydrogens is 262 g/mol. The van der Waals surface area contributed by atoms with Crippen LogP contribution in [0.5, 0.6) is 0 Å². The van der Waals surface area contributed by atoms with Gasteiger partial charge in [-0.05, 0) is 18.1 Å². The van der Waals surface area contributed by atoms with Crippen LogP contribution in [0.25, 0.3) is 10.9 Å². The third kappa shape index (κ3) is 3.64. The third-order valence-corrected chi connectivity index (χ3v) is 4.15. The molecule has 2 aromatic rings. The molecule has 0 aliphatic heterocycles. The van der Waals surface area contributed by atoms with E-state index >= 15 is 0 Å². The number of primary amides is 1. The normalized spacial score (nSPS) is 14.2. The highest BCUT2D eigenvalue weighted by molar-refractivity contribution is 5.87. The summed E-state index contributed by atoms with van der Waals surface area (Å²) < 4.78 is 0. The highest BCUT2D eigenvalue weighted by Crippen LogP contribution is 2.24. The number of amides is 1. The summed E-state index contributed by atoms with van der Waals surface area (Å²) in [6.07, 6.45) is 7.42. The van der Waals surface area contributed by atoms with E-state index < -0.39 is 11.4 Å². The van der Waals surface area contributed by atoms with Crippen LogP contribution in [0.1, 0.15) is 44.6 Å². The second-order valence-corrected chi connectivity index (χ2v) is 5.87. The number of para-hydroxylation sites is 1. The number of nitrogens with two attached hydrogens (primary N) is 2. The maximum absolute atomic E-state index is 11.8. The van der Waals surface area contributed by atoms with Crippen LogP contribution in [0, 0.1) is 0 Å². The molecule has 0 radical (unpaired) electrons. The molecule has 1 aromatic heterocycles. The van der Waals surface area contributed by atoms with Gasteiger partial charge in [-0.25, -0.2) is 0 Å². The molecule has 0 fully saturated rings. The van der Waals surface area contributed by atoms with E-state index in [-0.39, 0.29) is 0 Å². The number of nitrogens with one attached hydrogen (secondary N) is 1. The van der Waals surface area contributed by atoms with Crippen LogP contribution in [-0.4, -0.2) is 16.4 Å². The van der Waals surface area contributed by atoms with Gasteiger partial charge in [0.2, 0.25) is 5.91 Å². The van der Waals surface area contributed by atoms with Gasteiger partial charge in [-0.15, -0.1) is 0 Å². The van der Waals surface area contributed by atoms with Crippen LogP contribution in [0.15, 0.2) is 30.5 Å². The summed E-state index contributed by atoms with van der Waals surface area (Å²) in [6.45, 7) is 2.16. The van der Waals surface area contributed by atoms with Gasteiger partial charge in [0.05, 0.1) is 5.54 Å². The molecule has 114 valence electrons. The predicted molar refractivity (Wildman–Crippen MR) is 86.9 cm³/mol. The van der Waals surface area contributed by atoms with Crippen molar-refractivity contribution in [1.82, 2.24) is 4.98 Å². The summed E-state index contributed by atoms with van der Waals surface area (Å²) in [5.74, 6) is -0.413. The van der Waals surface area contributed by atoms with Gasteiger partial charge in [-0.1, -0.05) is 50.8 Å². The average molecular weight is 287 g/mol. The Balaban J connectivity index is 2.13. The first-order valence-electron chi connectivity index (χ1n) is 7.70. The minimum atomic E-state index is -0.960. The van der Waals surface area contributed by atoms with Crippen LogP contribution in [0.3, 0.4) is 0 Å². The van der Waals surface area contributed by atoms with Crippen LogP contribution in [0.2, 0.25) is 0 Å².